The predicted molar refractivity (Wildman–Crippen MR) is 115 cm³/mol. The highest BCUT2D eigenvalue weighted by molar-refractivity contribution is 5.85. The van der Waals surface area contributed by atoms with Crippen LogP contribution in [0.15, 0.2) is 30.6 Å². The number of nitrogens with zero attached hydrogens (tertiary/aromatic N) is 6. The van der Waals surface area contributed by atoms with Crippen LogP contribution in [0.2, 0.25) is 0 Å². The number of nitrogens with one attached hydrogen (secondary N) is 1. The van der Waals surface area contributed by atoms with E-state index in [9.17, 15) is 4.79 Å². The summed E-state index contributed by atoms with van der Waals surface area (Å²) in [4.78, 5) is 18.7. The second kappa shape index (κ2) is 8.16. The number of rotatable bonds is 6. The Morgan fingerprint density at radius 2 is 1.83 bits per heavy atom. The fourth-order valence-corrected chi connectivity index (χ4v) is 4.68. The smallest absolute Gasteiger partial charge is 0.248 e. The predicted octanol–water partition coefficient (Wildman–Crippen LogP) is 3.78. The molecule has 0 aliphatic heterocycles. The summed E-state index contributed by atoms with van der Waals surface area (Å²) in [6.07, 6.45) is 6.17. The van der Waals surface area contributed by atoms with Crippen molar-refractivity contribution < 1.29 is 4.79 Å². The molecule has 2 heterocycles. The molecule has 1 N–H and O–H groups in total. The van der Waals surface area contributed by atoms with Gasteiger partial charge in [-0.05, 0) is 55.2 Å². The summed E-state index contributed by atoms with van der Waals surface area (Å²) in [5, 5.41) is 15.1. The molecule has 1 unspecified atom stereocenters. The summed E-state index contributed by atoms with van der Waals surface area (Å²) in [5.41, 5.74) is 1.31. The Hall–Kier alpha value is -2.77. The first-order chi connectivity index (χ1) is 14.4. The van der Waals surface area contributed by atoms with Crippen molar-refractivity contribution in [2.75, 3.05) is 0 Å². The zero-order chi connectivity index (χ0) is 21.3. The van der Waals surface area contributed by atoms with Gasteiger partial charge in [0.15, 0.2) is 0 Å². The molecule has 8 nitrogen and oxygen atoms in total. The lowest BCUT2D eigenvalue weighted by molar-refractivity contribution is -0.133. The lowest BCUT2D eigenvalue weighted by Gasteiger charge is -2.37. The van der Waals surface area contributed by atoms with Crippen LogP contribution in [-0.4, -0.2) is 35.7 Å². The Morgan fingerprint density at radius 3 is 2.47 bits per heavy atom. The lowest BCUT2D eigenvalue weighted by Crippen LogP contribution is -2.52. The van der Waals surface area contributed by atoms with E-state index in [0.29, 0.717) is 0 Å². The Morgan fingerprint density at radius 1 is 1.10 bits per heavy atom. The van der Waals surface area contributed by atoms with Crippen molar-refractivity contribution in [1.29, 1.82) is 0 Å². The minimum atomic E-state index is -0.733. The van der Waals surface area contributed by atoms with Crippen LogP contribution in [0.5, 0.6) is 0 Å². The highest BCUT2D eigenvalue weighted by Crippen LogP contribution is 2.36. The summed E-state index contributed by atoms with van der Waals surface area (Å²) in [6, 6.07) is 8.18. The molecule has 1 aliphatic carbocycles. The van der Waals surface area contributed by atoms with E-state index in [2.05, 4.69) is 59.2 Å². The minimum Gasteiger partial charge on any atom is -0.344 e. The molecule has 160 valence electrons. The van der Waals surface area contributed by atoms with Crippen LogP contribution in [-0.2, 0) is 10.3 Å². The Bertz CT molecular complexity index is 1000. The Kier molecular flexibility index (Phi) is 5.58. The van der Waals surface area contributed by atoms with Gasteiger partial charge in [-0.1, -0.05) is 45.2 Å². The van der Waals surface area contributed by atoms with Crippen molar-refractivity contribution in [3.8, 4) is 0 Å². The van der Waals surface area contributed by atoms with E-state index in [1.165, 1.54) is 0 Å². The molecule has 1 aliphatic rings. The second-order valence-electron chi connectivity index (χ2n) is 8.96. The zero-order valence-electron chi connectivity index (χ0n) is 18.2. The second-order valence-corrected chi connectivity index (χ2v) is 8.96. The van der Waals surface area contributed by atoms with Gasteiger partial charge in [0.05, 0.1) is 17.1 Å². The molecule has 1 atom stereocenters. The Balaban J connectivity index is 1.73. The third-order valence-corrected chi connectivity index (χ3v) is 6.26. The van der Waals surface area contributed by atoms with Gasteiger partial charge in [0.1, 0.15) is 17.7 Å². The molecule has 1 fully saturated rings. The van der Waals surface area contributed by atoms with Crippen molar-refractivity contribution in [3.05, 3.63) is 36.4 Å². The largest absolute Gasteiger partial charge is 0.344 e. The topological polar surface area (TPSA) is 90.5 Å². The zero-order valence-corrected chi connectivity index (χ0v) is 18.2. The number of imidazole rings is 1. The molecule has 0 spiro atoms. The maximum atomic E-state index is 13.7. The highest BCUT2D eigenvalue weighted by Gasteiger charge is 2.44. The fourth-order valence-electron chi connectivity index (χ4n) is 4.68. The third kappa shape index (κ3) is 3.48. The average molecular weight is 410 g/mol. The number of carbonyl (C=O) groups is 1. The van der Waals surface area contributed by atoms with Crippen LogP contribution in [0.4, 0.5) is 0 Å². The van der Waals surface area contributed by atoms with E-state index in [1.807, 2.05) is 18.2 Å². The summed E-state index contributed by atoms with van der Waals surface area (Å²) < 4.78 is 3.90. The number of carbonyl (C=O) groups excluding carboxylic acids is 1. The maximum Gasteiger partial charge on any atom is 0.248 e. The van der Waals surface area contributed by atoms with Crippen molar-refractivity contribution >= 4 is 16.9 Å². The SMILES string of the molecule is CC(C)C(NC(=O)C1(n2cnnn2)CCCCC1)c1nc2ccccc2n1C(C)C. The molecule has 30 heavy (non-hydrogen) atoms. The fraction of sp³-hybridized carbons (Fsp3) is 0.591. The summed E-state index contributed by atoms with van der Waals surface area (Å²) in [7, 11) is 0. The van der Waals surface area contributed by atoms with Crippen molar-refractivity contribution in [2.45, 2.75) is 77.4 Å². The molecule has 0 bridgehead atoms. The maximum absolute atomic E-state index is 13.7. The van der Waals surface area contributed by atoms with Crippen LogP contribution in [0, 0.1) is 5.92 Å². The van der Waals surface area contributed by atoms with Crippen LogP contribution in [0.1, 0.15) is 77.7 Å². The molecular formula is C22H31N7O. The van der Waals surface area contributed by atoms with Gasteiger partial charge in [0.2, 0.25) is 5.91 Å². The molecule has 1 aromatic carbocycles. The van der Waals surface area contributed by atoms with E-state index in [1.54, 1.807) is 11.0 Å². The number of amides is 1. The van der Waals surface area contributed by atoms with E-state index in [0.717, 1.165) is 49.0 Å². The number of tetrazole rings is 1. The molecule has 0 radical (unpaired) electrons. The molecule has 3 aromatic rings. The Labute approximate surface area is 177 Å². The van der Waals surface area contributed by atoms with Gasteiger partial charge >= 0.3 is 0 Å². The minimum absolute atomic E-state index is 0.0180. The van der Waals surface area contributed by atoms with Gasteiger partial charge in [-0.2, -0.15) is 0 Å². The van der Waals surface area contributed by atoms with Gasteiger partial charge in [-0.25, -0.2) is 9.67 Å². The molecule has 2 aromatic heterocycles. The summed E-state index contributed by atoms with van der Waals surface area (Å²) in [5.74, 6) is 1.06. The van der Waals surface area contributed by atoms with E-state index in [-0.39, 0.29) is 23.9 Å². The first-order valence-electron chi connectivity index (χ1n) is 11.0. The van der Waals surface area contributed by atoms with Gasteiger partial charge < -0.3 is 9.88 Å². The molecule has 4 rings (SSSR count). The van der Waals surface area contributed by atoms with E-state index >= 15 is 0 Å². The quantitative estimate of drug-likeness (QED) is 0.669. The molecule has 8 heteroatoms. The monoisotopic (exact) mass is 409 g/mol. The van der Waals surface area contributed by atoms with E-state index < -0.39 is 5.54 Å². The first-order valence-corrected chi connectivity index (χ1v) is 11.0. The first kappa shape index (κ1) is 20.5. The number of para-hydroxylation sites is 2. The van der Waals surface area contributed by atoms with Gasteiger partial charge in [-0.3, -0.25) is 4.79 Å². The van der Waals surface area contributed by atoms with Gasteiger partial charge in [-0.15, -0.1) is 5.10 Å². The average Bonchev–Trinajstić information content (AvgIpc) is 3.40. The standard InChI is InChI=1S/C22H31N7O/c1-15(2)19(20-24-17-10-6-7-11-18(17)29(20)16(3)4)25-21(30)22(12-8-5-9-13-22)28-14-23-26-27-28/h6-7,10-11,14-16,19H,5,8-9,12-13H2,1-4H3,(H,25,30). The summed E-state index contributed by atoms with van der Waals surface area (Å²) >= 11 is 0. The normalized spacial score (nSPS) is 17.5. The number of benzene rings is 1. The molecule has 1 saturated carbocycles. The molecule has 0 saturated heterocycles. The highest BCUT2D eigenvalue weighted by atomic mass is 16.2. The number of fused-ring (bicyclic) bond motifs is 1. The van der Waals surface area contributed by atoms with Crippen LogP contribution in [0.25, 0.3) is 11.0 Å². The molecule has 1 amide bonds. The van der Waals surface area contributed by atoms with Crippen molar-refractivity contribution in [3.63, 3.8) is 0 Å². The number of aromatic nitrogens is 6. The van der Waals surface area contributed by atoms with Gasteiger partial charge in [0.25, 0.3) is 0 Å². The van der Waals surface area contributed by atoms with Crippen LogP contribution in [0.3, 0.4) is 0 Å². The van der Waals surface area contributed by atoms with Crippen LogP contribution < -0.4 is 5.32 Å². The van der Waals surface area contributed by atoms with Crippen LogP contribution >= 0.6 is 0 Å². The lowest BCUT2D eigenvalue weighted by atomic mass is 9.80. The van der Waals surface area contributed by atoms with Gasteiger partial charge in [0, 0.05) is 6.04 Å². The van der Waals surface area contributed by atoms with E-state index in [4.69, 9.17) is 4.98 Å². The molecular weight excluding hydrogens is 378 g/mol. The summed E-state index contributed by atoms with van der Waals surface area (Å²) in [6.45, 7) is 8.56. The van der Waals surface area contributed by atoms with Crippen molar-refractivity contribution in [1.82, 2.24) is 35.1 Å². The number of hydrogen-bond acceptors (Lipinski definition) is 5. The third-order valence-electron chi connectivity index (χ3n) is 6.26. The number of hydrogen-bond donors (Lipinski definition) is 1. The van der Waals surface area contributed by atoms with Crippen molar-refractivity contribution in [2.24, 2.45) is 5.92 Å².